The average Bonchev–Trinajstić information content (AvgIpc) is 2.64. The molecule has 0 radical (unpaired) electrons. The van der Waals surface area contributed by atoms with Gasteiger partial charge in [-0.3, -0.25) is 9.48 Å². The lowest BCUT2D eigenvalue weighted by Crippen LogP contribution is -2.05. The molecule has 0 saturated heterocycles. The highest BCUT2D eigenvalue weighted by molar-refractivity contribution is 5.92. The first kappa shape index (κ1) is 11.5. The fourth-order valence-electron chi connectivity index (χ4n) is 1.61. The molecule has 0 amide bonds. The number of hydrogen-bond donors (Lipinski definition) is 0. The van der Waals surface area contributed by atoms with E-state index in [1.54, 1.807) is 22.9 Å². The van der Waals surface area contributed by atoms with Gasteiger partial charge in [-0.05, 0) is 30.7 Å². The van der Waals surface area contributed by atoms with Crippen molar-refractivity contribution in [2.24, 2.45) is 0 Å². The number of rotatable bonds is 3. The standard InChI is InChI=1S/C13H13FN2O/c1-9-7-13(10(2)17)15-16(9)8-11-3-5-12(14)6-4-11/h3-7H,8H2,1-2H3. The maximum absolute atomic E-state index is 12.7. The summed E-state index contributed by atoms with van der Waals surface area (Å²) in [5.41, 5.74) is 2.33. The molecule has 1 aromatic heterocycles. The molecule has 0 saturated carbocycles. The van der Waals surface area contributed by atoms with Gasteiger partial charge in [0.05, 0.1) is 6.54 Å². The SMILES string of the molecule is CC(=O)c1cc(C)n(Cc2ccc(F)cc2)n1. The molecule has 17 heavy (non-hydrogen) atoms. The second-order valence-electron chi connectivity index (χ2n) is 4.01. The van der Waals surface area contributed by atoms with E-state index in [0.717, 1.165) is 11.3 Å². The van der Waals surface area contributed by atoms with E-state index >= 15 is 0 Å². The predicted molar refractivity (Wildman–Crippen MR) is 62.5 cm³/mol. The van der Waals surface area contributed by atoms with Crippen LogP contribution in [0.5, 0.6) is 0 Å². The van der Waals surface area contributed by atoms with E-state index in [0.29, 0.717) is 12.2 Å². The molecule has 0 atom stereocenters. The van der Waals surface area contributed by atoms with Crippen LogP contribution >= 0.6 is 0 Å². The summed E-state index contributed by atoms with van der Waals surface area (Å²) >= 11 is 0. The van der Waals surface area contributed by atoms with Gasteiger partial charge in [-0.15, -0.1) is 0 Å². The van der Waals surface area contributed by atoms with Crippen molar-refractivity contribution in [3.8, 4) is 0 Å². The van der Waals surface area contributed by atoms with E-state index in [2.05, 4.69) is 5.10 Å². The number of carbonyl (C=O) groups excluding carboxylic acids is 1. The van der Waals surface area contributed by atoms with E-state index in [4.69, 9.17) is 0 Å². The van der Waals surface area contributed by atoms with Crippen molar-refractivity contribution in [3.05, 3.63) is 53.1 Å². The first-order chi connectivity index (χ1) is 8.06. The minimum Gasteiger partial charge on any atom is -0.293 e. The monoisotopic (exact) mass is 232 g/mol. The molecule has 4 heteroatoms. The van der Waals surface area contributed by atoms with E-state index in [1.165, 1.54) is 19.1 Å². The van der Waals surface area contributed by atoms with Gasteiger partial charge in [-0.2, -0.15) is 5.10 Å². The minimum absolute atomic E-state index is 0.0500. The van der Waals surface area contributed by atoms with Gasteiger partial charge in [0.15, 0.2) is 5.78 Å². The molecule has 0 fully saturated rings. The van der Waals surface area contributed by atoms with Gasteiger partial charge in [0.1, 0.15) is 11.5 Å². The Morgan fingerprint density at radius 3 is 2.53 bits per heavy atom. The van der Waals surface area contributed by atoms with Crippen LogP contribution < -0.4 is 0 Å². The normalized spacial score (nSPS) is 10.5. The summed E-state index contributed by atoms with van der Waals surface area (Å²) in [5, 5.41) is 4.20. The zero-order chi connectivity index (χ0) is 12.4. The van der Waals surface area contributed by atoms with E-state index in [1.807, 2.05) is 6.92 Å². The second-order valence-corrected chi connectivity index (χ2v) is 4.01. The molecule has 0 aliphatic rings. The highest BCUT2D eigenvalue weighted by Crippen LogP contribution is 2.09. The molecule has 0 N–H and O–H groups in total. The van der Waals surface area contributed by atoms with Crippen LogP contribution in [0.25, 0.3) is 0 Å². The van der Waals surface area contributed by atoms with Crippen LogP contribution in [-0.2, 0) is 6.54 Å². The molecule has 2 rings (SSSR count). The third kappa shape index (κ3) is 2.58. The van der Waals surface area contributed by atoms with Crippen LogP contribution in [-0.4, -0.2) is 15.6 Å². The smallest absolute Gasteiger partial charge is 0.179 e. The maximum Gasteiger partial charge on any atom is 0.179 e. The topological polar surface area (TPSA) is 34.9 Å². The fourth-order valence-corrected chi connectivity index (χ4v) is 1.61. The molecule has 1 heterocycles. The maximum atomic E-state index is 12.7. The molecule has 0 unspecified atom stereocenters. The average molecular weight is 232 g/mol. The Hall–Kier alpha value is -1.97. The predicted octanol–water partition coefficient (Wildman–Crippen LogP) is 2.58. The van der Waals surface area contributed by atoms with Crippen LogP contribution in [0, 0.1) is 12.7 Å². The summed E-state index contributed by atoms with van der Waals surface area (Å²) in [6.45, 7) is 3.92. The van der Waals surface area contributed by atoms with Crippen molar-refractivity contribution in [2.75, 3.05) is 0 Å². The Balaban J connectivity index is 2.24. The number of ketones is 1. The van der Waals surface area contributed by atoms with Gasteiger partial charge >= 0.3 is 0 Å². The second kappa shape index (κ2) is 4.49. The summed E-state index contributed by atoms with van der Waals surface area (Å²) in [4.78, 5) is 11.2. The number of hydrogen-bond acceptors (Lipinski definition) is 2. The van der Waals surface area contributed by atoms with Crippen molar-refractivity contribution in [2.45, 2.75) is 20.4 Å². The Bertz CT molecular complexity index is 543. The molecular weight excluding hydrogens is 219 g/mol. The Morgan fingerprint density at radius 2 is 2.00 bits per heavy atom. The molecule has 0 aliphatic carbocycles. The number of benzene rings is 1. The first-order valence-corrected chi connectivity index (χ1v) is 5.36. The third-order valence-corrected chi connectivity index (χ3v) is 2.59. The van der Waals surface area contributed by atoms with Crippen LogP contribution in [0.2, 0.25) is 0 Å². The van der Waals surface area contributed by atoms with Gasteiger partial charge in [-0.1, -0.05) is 12.1 Å². The molecule has 1 aromatic carbocycles. The molecule has 0 bridgehead atoms. The van der Waals surface area contributed by atoms with Gasteiger partial charge in [-0.25, -0.2) is 4.39 Å². The Labute approximate surface area is 98.9 Å². The van der Waals surface area contributed by atoms with Crippen molar-refractivity contribution >= 4 is 5.78 Å². The van der Waals surface area contributed by atoms with E-state index < -0.39 is 0 Å². The van der Waals surface area contributed by atoms with Crippen LogP contribution in [0.15, 0.2) is 30.3 Å². The highest BCUT2D eigenvalue weighted by Gasteiger charge is 2.08. The van der Waals surface area contributed by atoms with Crippen molar-refractivity contribution in [3.63, 3.8) is 0 Å². The highest BCUT2D eigenvalue weighted by atomic mass is 19.1. The number of carbonyl (C=O) groups is 1. The number of nitrogens with zero attached hydrogens (tertiary/aromatic N) is 2. The zero-order valence-corrected chi connectivity index (χ0v) is 9.77. The molecule has 0 aliphatic heterocycles. The molecule has 88 valence electrons. The number of halogens is 1. The summed E-state index contributed by atoms with van der Waals surface area (Å²) in [7, 11) is 0. The fraction of sp³-hybridized carbons (Fsp3) is 0.231. The lowest BCUT2D eigenvalue weighted by molar-refractivity contribution is 0.101. The van der Waals surface area contributed by atoms with Gasteiger partial charge < -0.3 is 0 Å². The lowest BCUT2D eigenvalue weighted by Gasteiger charge is -2.04. The van der Waals surface area contributed by atoms with Gasteiger partial charge in [0, 0.05) is 12.6 Å². The number of aromatic nitrogens is 2. The lowest BCUT2D eigenvalue weighted by atomic mass is 10.2. The van der Waals surface area contributed by atoms with E-state index in [9.17, 15) is 9.18 Å². The van der Waals surface area contributed by atoms with Gasteiger partial charge in [0.2, 0.25) is 0 Å². The summed E-state index contributed by atoms with van der Waals surface area (Å²) in [5.74, 6) is -0.304. The van der Waals surface area contributed by atoms with Crippen molar-refractivity contribution in [1.82, 2.24) is 9.78 Å². The molecular formula is C13H13FN2O. The molecule has 2 aromatic rings. The molecule has 0 spiro atoms. The van der Waals surface area contributed by atoms with Crippen LogP contribution in [0.4, 0.5) is 4.39 Å². The number of aryl methyl sites for hydroxylation is 1. The summed E-state index contributed by atoms with van der Waals surface area (Å²) in [6.07, 6.45) is 0. The van der Waals surface area contributed by atoms with Crippen molar-refractivity contribution in [1.29, 1.82) is 0 Å². The Kier molecular flexibility index (Phi) is 3.04. The van der Waals surface area contributed by atoms with Crippen LogP contribution in [0.3, 0.4) is 0 Å². The first-order valence-electron chi connectivity index (χ1n) is 5.36. The van der Waals surface area contributed by atoms with E-state index in [-0.39, 0.29) is 11.6 Å². The zero-order valence-electron chi connectivity index (χ0n) is 9.77. The molecule has 3 nitrogen and oxygen atoms in total. The summed E-state index contributed by atoms with van der Waals surface area (Å²) < 4.78 is 14.5. The van der Waals surface area contributed by atoms with Gasteiger partial charge in [0.25, 0.3) is 0 Å². The Morgan fingerprint density at radius 1 is 1.35 bits per heavy atom. The third-order valence-electron chi connectivity index (χ3n) is 2.59. The minimum atomic E-state index is -0.254. The quantitative estimate of drug-likeness (QED) is 0.762. The van der Waals surface area contributed by atoms with Crippen LogP contribution in [0.1, 0.15) is 28.7 Å². The largest absolute Gasteiger partial charge is 0.293 e. The van der Waals surface area contributed by atoms with Crippen molar-refractivity contribution < 1.29 is 9.18 Å². The summed E-state index contributed by atoms with van der Waals surface area (Å²) in [6, 6.07) is 8.01. The number of Topliss-reactive ketones (excluding diaryl/α,β-unsaturated/α-hetero) is 1.